The fraction of sp³-hybridized carbons (Fsp3) is 0.211. The van der Waals surface area contributed by atoms with E-state index in [0.717, 1.165) is 11.1 Å². The molecule has 0 radical (unpaired) electrons. The van der Waals surface area contributed by atoms with Gasteiger partial charge < -0.3 is 28.1 Å². The van der Waals surface area contributed by atoms with Gasteiger partial charge in [-0.3, -0.25) is 0 Å². The Morgan fingerprint density at radius 2 is 1.16 bits per heavy atom. The van der Waals surface area contributed by atoms with Crippen LogP contribution < -0.4 is 13.1 Å². The molecular weight excluding hydrogens is 681 g/mol. The SMILES string of the molecule is COc1cc(O)c([C@@H]2C[C@H](CCc3ccc(OS(=O)(=O)c4ccccc4)cc3)O[C@H](c3ccc(OS(=O)(=O)c4ccccc4)cc3)C2)c(O)c1. The van der Waals surface area contributed by atoms with Crippen LogP contribution in [0.1, 0.15) is 48.0 Å². The molecule has 1 fully saturated rings. The molecular formula is C38H36O10S2. The smallest absolute Gasteiger partial charge is 0.339 e. The predicted molar refractivity (Wildman–Crippen MR) is 186 cm³/mol. The Bertz CT molecular complexity index is 2100. The third kappa shape index (κ3) is 8.21. The fourth-order valence-corrected chi connectivity index (χ4v) is 7.99. The molecule has 1 aliphatic heterocycles. The number of phenols is 2. The molecule has 2 N–H and O–H groups in total. The Morgan fingerprint density at radius 1 is 0.660 bits per heavy atom. The third-order valence-electron chi connectivity index (χ3n) is 8.56. The number of benzene rings is 5. The van der Waals surface area contributed by atoms with Crippen LogP contribution in [0, 0.1) is 0 Å². The molecule has 0 aliphatic carbocycles. The minimum Gasteiger partial charge on any atom is -0.507 e. The van der Waals surface area contributed by atoms with Gasteiger partial charge in [-0.1, -0.05) is 60.7 Å². The van der Waals surface area contributed by atoms with Crippen molar-refractivity contribution in [1.82, 2.24) is 0 Å². The highest BCUT2D eigenvalue weighted by Gasteiger charge is 2.34. The maximum Gasteiger partial charge on any atom is 0.339 e. The first-order valence-corrected chi connectivity index (χ1v) is 18.8. The highest BCUT2D eigenvalue weighted by atomic mass is 32.2. The Hall–Kier alpha value is -5.04. The summed E-state index contributed by atoms with van der Waals surface area (Å²) >= 11 is 0. The number of ether oxygens (including phenoxy) is 2. The molecule has 0 aromatic heterocycles. The normalized spacial score (nSPS) is 17.9. The predicted octanol–water partition coefficient (Wildman–Crippen LogP) is 7.28. The van der Waals surface area contributed by atoms with Crippen molar-refractivity contribution < 1.29 is 44.9 Å². The summed E-state index contributed by atoms with van der Waals surface area (Å²) in [7, 11) is -6.52. The number of phenolic OH excluding ortho intramolecular Hbond substituents is 2. The van der Waals surface area contributed by atoms with E-state index in [9.17, 15) is 27.0 Å². The minimum absolute atomic E-state index is 0.0452. The summed E-state index contributed by atoms with van der Waals surface area (Å²) in [5.74, 6) is 0.230. The molecule has 5 aromatic carbocycles. The number of hydrogen-bond donors (Lipinski definition) is 2. The highest BCUT2D eigenvalue weighted by Crippen LogP contribution is 2.48. The lowest BCUT2D eigenvalue weighted by Gasteiger charge is -2.36. The van der Waals surface area contributed by atoms with E-state index in [2.05, 4.69) is 0 Å². The highest BCUT2D eigenvalue weighted by molar-refractivity contribution is 7.87. The van der Waals surface area contributed by atoms with Crippen molar-refractivity contribution in [3.63, 3.8) is 0 Å². The quantitative estimate of drug-likeness (QED) is 0.126. The number of rotatable bonds is 12. The van der Waals surface area contributed by atoms with Crippen molar-refractivity contribution in [3.8, 4) is 28.7 Å². The van der Waals surface area contributed by atoms with Crippen LogP contribution in [-0.2, 0) is 31.4 Å². The van der Waals surface area contributed by atoms with E-state index in [1.54, 1.807) is 84.9 Å². The molecule has 1 heterocycles. The van der Waals surface area contributed by atoms with Crippen molar-refractivity contribution in [2.24, 2.45) is 0 Å². The molecule has 0 unspecified atom stereocenters. The van der Waals surface area contributed by atoms with Crippen molar-refractivity contribution in [2.75, 3.05) is 7.11 Å². The second kappa shape index (κ2) is 14.8. The molecule has 3 atom stereocenters. The van der Waals surface area contributed by atoms with E-state index in [-0.39, 0.29) is 44.8 Å². The van der Waals surface area contributed by atoms with Crippen LogP contribution >= 0.6 is 0 Å². The van der Waals surface area contributed by atoms with Crippen LogP contribution in [0.5, 0.6) is 28.7 Å². The van der Waals surface area contributed by atoms with E-state index >= 15 is 0 Å². The average molecular weight is 717 g/mol. The maximum atomic E-state index is 12.7. The van der Waals surface area contributed by atoms with Gasteiger partial charge in [0.05, 0.1) is 19.3 Å². The van der Waals surface area contributed by atoms with Crippen LogP contribution in [-0.4, -0.2) is 40.3 Å². The second-order valence-corrected chi connectivity index (χ2v) is 15.0. The molecule has 50 heavy (non-hydrogen) atoms. The lowest BCUT2D eigenvalue weighted by atomic mass is 9.81. The first kappa shape index (κ1) is 34.8. The number of hydrogen-bond acceptors (Lipinski definition) is 10. The first-order chi connectivity index (χ1) is 24.0. The van der Waals surface area contributed by atoms with E-state index in [0.29, 0.717) is 37.0 Å². The van der Waals surface area contributed by atoms with Gasteiger partial charge in [-0.2, -0.15) is 16.8 Å². The van der Waals surface area contributed by atoms with Gasteiger partial charge in [0.25, 0.3) is 0 Å². The molecule has 1 aliphatic rings. The van der Waals surface area contributed by atoms with Gasteiger partial charge in [-0.25, -0.2) is 0 Å². The first-order valence-electron chi connectivity index (χ1n) is 15.9. The Kier molecular flexibility index (Phi) is 10.3. The topological polar surface area (TPSA) is 146 Å². The second-order valence-electron chi connectivity index (χ2n) is 11.9. The summed E-state index contributed by atoms with van der Waals surface area (Å²) < 4.78 is 73.1. The van der Waals surface area contributed by atoms with E-state index in [4.69, 9.17) is 17.8 Å². The van der Waals surface area contributed by atoms with Gasteiger partial charge in [0, 0.05) is 17.7 Å². The molecule has 12 heteroatoms. The number of aromatic hydroxyl groups is 2. The van der Waals surface area contributed by atoms with Crippen molar-refractivity contribution in [1.29, 1.82) is 0 Å². The van der Waals surface area contributed by atoms with Gasteiger partial charge in [0.1, 0.15) is 38.5 Å². The lowest BCUT2D eigenvalue weighted by molar-refractivity contribution is -0.0632. The van der Waals surface area contributed by atoms with E-state index in [1.807, 2.05) is 0 Å². The summed E-state index contributed by atoms with van der Waals surface area (Å²) in [6.45, 7) is 0. The molecule has 260 valence electrons. The zero-order valence-electron chi connectivity index (χ0n) is 27.1. The molecule has 6 rings (SSSR count). The summed E-state index contributed by atoms with van der Waals surface area (Å²) in [5.41, 5.74) is 2.12. The number of aryl methyl sites for hydroxylation is 1. The van der Waals surface area contributed by atoms with Gasteiger partial charge in [-0.15, -0.1) is 0 Å². The van der Waals surface area contributed by atoms with Crippen LogP contribution in [0.3, 0.4) is 0 Å². The maximum absolute atomic E-state index is 12.7. The Labute approximate surface area is 291 Å². The van der Waals surface area contributed by atoms with Crippen LogP contribution in [0.4, 0.5) is 0 Å². The minimum atomic E-state index is -4.01. The zero-order valence-corrected chi connectivity index (χ0v) is 28.7. The van der Waals surface area contributed by atoms with Gasteiger partial charge >= 0.3 is 20.2 Å². The van der Waals surface area contributed by atoms with Crippen molar-refractivity contribution in [2.45, 2.75) is 53.6 Å². The third-order valence-corrected chi connectivity index (χ3v) is 11.1. The molecule has 5 aromatic rings. The van der Waals surface area contributed by atoms with E-state index < -0.39 is 26.3 Å². The molecule has 0 amide bonds. The van der Waals surface area contributed by atoms with E-state index in [1.165, 1.54) is 43.5 Å². The molecule has 0 saturated carbocycles. The van der Waals surface area contributed by atoms with Crippen LogP contribution in [0.2, 0.25) is 0 Å². The molecule has 0 spiro atoms. The average Bonchev–Trinajstić information content (AvgIpc) is 3.12. The summed E-state index contributed by atoms with van der Waals surface area (Å²) in [5, 5.41) is 21.8. The molecule has 10 nitrogen and oxygen atoms in total. The zero-order chi connectivity index (χ0) is 35.3. The van der Waals surface area contributed by atoms with Crippen molar-refractivity contribution >= 4 is 20.2 Å². The lowest BCUT2D eigenvalue weighted by Crippen LogP contribution is -2.28. The van der Waals surface area contributed by atoms with Crippen LogP contribution in [0.25, 0.3) is 0 Å². The van der Waals surface area contributed by atoms with Gasteiger partial charge in [0.2, 0.25) is 0 Å². The largest absolute Gasteiger partial charge is 0.507 e. The molecule has 1 saturated heterocycles. The van der Waals surface area contributed by atoms with Gasteiger partial charge in [-0.05, 0) is 91.3 Å². The Morgan fingerprint density at radius 3 is 1.66 bits per heavy atom. The van der Waals surface area contributed by atoms with Crippen LogP contribution in [0.15, 0.2) is 131 Å². The number of methoxy groups -OCH3 is 1. The van der Waals surface area contributed by atoms with Crippen molar-refractivity contribution in [3.05, 3.63) is 138 Å². The summed E-state index contributed by atoms with van der Waals surface area (Å²) in [6, 6.07) is 32.2. The van der Waals surface area contributed by atoms with Gasteiger partial charge in [0.15, 0.2) is 0 Å². The molecule has 0 bridgehead atoms. The summed E-state index contributed by atoms with van der Waals surface area (Å²) in [4.78, 5) is 0.111. The monoisotopic (exact) mass is 716 g/mol. The summed E-state index contributed by atoms with van der Waals surface area (Å²) in [6.07, 6.45) is 1.40. The standard InChI is InChI=1S/C38H36O10S2/c1-45-32-24-35(39)38(36(40)25-32)28-22-31(19-14-26-12-17-29(18-13-26)47-49(41,42)33-8-4-2-5-9-33)46-37(23-28)27-15-20-30(21-16-27)48-50(43,44)34-10-6-3-7-11-34/h2-13,15-18,20-21,24-25,28,31,37,39-40H,14,19,22-23H2,1H3/t28-,31+,37+/m1/s1. The fourth-order valence-electron chi connectivity index (χ4n) is 6.09. The Balaban J connectivity index is 1.18.